The molecule has 1 aliphatic rings. The van der Waals surface area contributed by atoms with E-state index in [2.05, 4.69) is 9.97 Å². The van der Waals surface area contributed by atoms with Gasteiger partial charge in [0.2, 0.25) is 11.7 Å². The first kappa shape index (κ1) is 29.0. The van der Waals surface area contributed by atoms with Gasteiger partial charge in [-0.3, -0.25) is 9.10 Å². The number of rotatable bonds is 8. The molecule has 0 radical (unpaired) electrons. The standard InChI is InChI=1S/C28H24F5N5O3S/c29-24-22(25(30)27(32)28(33)26(24)31)14-23(39)37-12-10-36(11-13-37)19-6-8-20(9-7-19)38(16-18-15-34-17-35-18)42(40,41)21-4-2-1-3-5-21/h1-9,15,17H,10-14,16H2,(H,34,35). The maximum Gasteiger partial charge on any atom is 0.264 e. The summed E-state index contributed by atoms with van der Waals surface area (Å²) in [6.45, 7) is 0.944. The first-order chi connectivity index (χ1) is 20.1. The molecule has 0 aliphatic carbocycles. The molecule has 0 bridgehead atoms. The average molecular weight is 606 g/mol. The number of nitrogens with one attached hydrogen (secondary N) is 1. The van der Waals surface area contributed by atoms with Crippen LogP contribution in [0.2, 0.25) is 0 Å². The molecule has 220 valence electrons. The Kier molecular flexibility index (Phi) is 8.16. The highest BCUT2D eigenvalue weighted by atomic mass is 32.2. The number of nitrogens with zero attached hydrogens (tertiary/aromatic N) is 4. The van der Waals surface area contributed by atoms with E-state index in [-0.39, 0.29) is 24.5 Å². The number of anilines is 2. The zero-order chi connectivity index (χ0) is 30.0. The number of aromatic amines is 1. The lowest BCUT2D eigenvalue weighted by atomic mass is 10.1. The normalized spacial score (nSPS) is 13.8. The Balaban J connectivity index is 1.28. The van der Waals surface area contributed by atoms with Crippen LogP contribution in [0, 0.1) is 29.1 Å². The zero-order valence-corrected chi connectivity index (χ0v) is 22.7. The van der Waals surface area contributed by atoms with Gasteiger partial charge in [-0.15, -0.1) is 0 Å². The van der Waals surface area contributed by atoms with E-state index in [1.165, 1.54) is 33.9 Å². The van der Waals surface area contributed by atoms with Crippen molar-refractivity contribution in [1.29, 1.82) is 0 Å². The maximum atomic E-state index is 14.0. The van der Waals surface area contributed by atoms with Crippen LogP contribution in [0.15, 0.2) is 72.0 Å². The number of amides is 1. The van der Waals surface area contributed by atoms with E-state index in [1.54, 1.807) is 42.5 Å². The number of hydrogen-bond acceptors (Lipinski definition) is 5. The molecule has 14 heteroatoms. The van der Waals surface area contributed by atoms with Crippen LogP contribution in [0.25, 0.3) is 0 Å². The predicted octanol–water partition coefficient (Wildman–Crippen LogP) is 4.39. The Morgan fingerprint density at radius 2 is 1.43 bits per heavy atom. The second-order valence-electron chi connectivity index (χ2n) is 9.51. The highest BCUT2D eigenvalue weighted by Gasteiger charge is 2.30. The number of imidazole rings is 1. The number of sulfonamides is 1. The highest BCUT2D eigenvalue weighted by molar-refractivity contribution is 7.92. The highest BCUT2D eigenvalue weighted by Crippen LogP contribution is 2.29. The summed E-state index contributed by atoms with van der Waals surface area (Å²) in [6, 6.07) is 14.8. The van der Waals surface area contributed by atoms with Gasteiger partial charge in [0.05, 0.1) is 35.6 Å². The molecule has 42 heavy (non-hydrogen) atoms. The number of benzene rings is 3. The van der Waals surface area contributed by atoms with Gasteiger partial charge in [0.15, 0.2) is 23.3 Å². The van der Waals surface area contributed by atoms with Crippen molar-refractivity contribution < 1.29 is 35.2 Å². The molecule has 1 aromatic heterocycles. The minimum absolute atomic E-state index is 0.0143. The number of hydrogen-bond donors (Lipinski definition) is 1. The topological polar surface area (TPSA) is 89.6 Å². The molecule has 4 aromatic rings. The van der Waals surface area contributed by atoms with Crippen molar-refractivity contribution in [3.63, 3.8) is 0 Å². The quantitative estimate of drug-likeness (QED) is 0.183. The Morgan fingerprint density at radius 3 is 2.00 bits per heavy atom. The molecule has 8 nitrogen and oxygen atoms in total. The molecule has 1 fully saturated rings. The summed E-state index contributed by atoms with van der Waals surface area (Å²) in [5, 5.41) is 0. The van der Waals surface area contributed by atoms with Crippen molar-refractivity contribution in [2.24, 2.45) is 0 Å². The molecule has 2 heterocycles. The van der Waals surface area contributed by atoms with Crippen LogP contribution in [0.1, 0.15) is 11.3 Å². The van der Waals surface area contributed by atoms with Crippen molar-refractivity contribution in [2.45, 2.75) is 17.9 Å². The summed E-state index contributed by atoms with van der Waals surface area (Å²) in [4.78, 5) is 22.9. The molecular weight excluding hydrogens is 581 g/mol. The number of carbonyl (C=O) groups is 1. The second kappa shape index (κ2) is 11.8. The second-order valence-corrected chi connectivity index (χ2v) is 11.4. The lowest BCUT2D eigenvalue weighted by Crippen LogP contribution is -2.49. The fourth-order valence-corrected chi connectivity index (χ4v) is 6.14. The molecule has 1 aliphatic heterocycles. The number of piperazine rings is 1. The van der Waals surface area contributed by atoms with Gasteiger partial charge in [-0.25, -0.2) is 35.4 Å². The van der Waals surface area contributed by atoms with E-state index >= 15 is 0 Å². The van der Waals surface area contributed by atoms with Gasteiger partial charge in [0, 0.05) is 43.6 Å². The number of carbonyl (C=O) groups excluding carboxylic acids is 1. The van der Waals surface area contributed by atoms with Crippen LogP contribution in [-0.4, -0.2) is 55.4 Å². The maximum absolute atomic E-state index is 14.0. The molecule has 0 unspecified atom stereocenters. The van der Waals surface area contributed by atoms with Crippen LogP contribution in [0.3, 0.4) is 0 Å². The third-order valence-corrected chi connectivity index (χ3v) is 8.75. The molecule has 1 N–H and O–H groups in total. The summed E-state index contributed by atoms with van der Waals surface area (Å²) >= 11 is 0. The molecular formula is C28H24F5N5O3S. The average Bonchev–Trinajstić information content (AvgIpc) is 3.54. The smallest absolute Gasteiger partial charge is 0.264 e. The Labute approximate surface area is 238 Å². The largest absolute Gasteiger partial charge is 0.368 e. The Hall–Kier alpha value is -4.46. The fourth-order valence-electron chi connectivity index (χ4n) is 4.67. The van der Waals surface area contributed by atoms with Gasteiger partial charge < -0.3 is 14.8 Å². The Morgan fingerprint density at radius 1 is 0.833 bits per heavy atom. The summed E-state index contributed by atoms with van der Waals surface area (Å²) in [6.07, 6.45) is 2.02. The lowest BCUT2D eigenvalue weighted by Gasteiger charge is -2.36. The van der Waals surface area contributed by atoms with Gasteiger partial charge in [-0.2, -0.15) is 0 Å². The summed E-state index contributed by atoms with van der Waals surface area (Å²) in [5.74, 6) is -11.3. The number of aromatic nitrogens is 2. The third-order valence-electron chi connectivity index (χ3n) is 6.96. The van der Waals surface area contributed by atoms with Crippen LogP contribution in [-0.2, 0) is 27.8 Å². The third kappa shape index (κ3) is 5.66. The van der Waals surface area contributed by atoms with Gasteiger partial charge >= 0.3 is 0 Å². The monoisotopic (exact) mass is 605 g/mol. The summed E-state index contributed by atoms with van der Waals surface area (Å²) in [7, 11) is -3.92. The molecule has 1 amide bonds. The SMILES string of the molecule is O=C(Cc1c(F)c(F)c(F)c(F)c1F)N1CCN(c2ccc(N(Cc3cnc[nH]3)S(=O)(=O)c3ccccc3)cc2)CC1. The fraction of sp³-hybridized carbons (Fsp3) is 0.214. The molecule has 0 spiro atoms. The minimum atomic E-state index is -3.92. The van der Waals surface area contributed by atoms with E-state index in [9.17, 15) is 35.2 Å². The van der Waals surface area contributed by atoms with Gasteiger partial charge in [-0.1, -0.05) is 18.2 Å². The van der Waals surface area contributed by atoms with Crippen molar-refractivity contribution in [2.75, 3.05) is 35.4 Å². The lowest BCUT2D eigenvalue weighted by molar-refractivity contribution is -0.130. The van der Waals surface area contributed by atoms with E-state index in [4.69, 9.17) is 0 Å². The van der Waals surface area contributed by atoms with Crippen LogP contribution in [0.5, 0.6) is 0 Å². The van der Waals surface area contributed by atoms with E-state index < -0.39 is 57.0 Å². The minimum Gasteiger partial charge on any atom is -0.368 e. The van der Waals surface area contributed by atoms with Crippen molar-refractivity contribution in [3.05, 3.63) is 107 Å². The van der Waals surface area contributed by atoms with Crippen LogP contribution in [0.4, 0.5) is 33.3 Å². The first-order valence-electron chi connectivity index (χ1n) is 12.8. The first-order valence-corrected chi connectivity index (χ1v) is 14.2. The Bertz CT molecular complexity index is 1650. The molecule has 5 rings (SSSR count). The predicted molar refractivity (Wildman–Crippen MR) is 144 cm³/mol. The molecule has 0 saturated carbocycles. The van der Waals surface area contributed by atoms with Gasteiger partial charge in [0.1, 0.15) is 0 Å². The van der Waals surface area contributed by atoms with Crippen molar-refractivity contribution in [3.8, 4) is 0 Å². The van der Waals surface area contributed by atoms with E-state index in [0.717, 1.165) is 5.69 Å². The van der Waals surface area contributed by atoms with Crippen LogP contribution >= 0.6 is 0 Å². The molecule has 1 saturated heterocycles. The van der Waals surface area contributed by atoms with Crippen molar-refractivity contribution in [1.82, 2.24) is 14.9 Å². The van der Waals surface area contributed by atoms with E-state index in [0.29, 0.717) is 24.5 Å². The summed E-state index contributed by atoms with van der Waals surface area (Å²) in [5.41, 5.74) is 0.572. The molecule has 3 aromatic carbocycles. The van der Waals surface area contributed by atoms with Crippen LogP contribution < -0.4 is 9.21 Å². The number of halogens is 5. The van der Waals surface area contributed by atoms with E-state index in [1.807, 2.05) is 4.90 Å². The van der Waals surface area contributed by atoms with Gasteiger partial charge in [-0.05, 0) is 36.4 Å². The molecule has 0 atom stereocenters. The zero-order valence-electron chi connectivity index (χ0n) is 21.9. The number of H-pyrrole nitrogens is 1. The summed E-state index contributed by atoms with van der Waals surface area (Å²) < 4.78 is 96.7. The van der Waals surface area contributed by atoms with Crippen molar-refractivity contribution >= 4 is 27.3 Å². The van der Waals surface area contributed by atoms with Gasteiger partial charge in [0.25, 0.3) is 10.0 Å².